The van der Waals surface area contributed by atoms with E-state index in [1.807, 2.05) is 25.1 Å². The molecule has 5 heteroatoms. The quantitative estimate of drug-likeness (QED) is 0.499. The van der Waals surface area contributed by atoms with Gasteiger partial charge in [0, 0.05) is 6.07 Å². The first-order chi connectivity index (χ1) is 8.63. The minimum atomic E-state index is 0.316. The van der Waals surface area contributed by atoms with Crippen LogP contribution in [-0.2, 0) is 0 Å². The second-order valence-corrected chi connectivity index (χ2v) is 4.46. The first kappa shape index (κ1) is 11.0. The lowest BCUT2D eigenvalue weighted by Crippen LogP contribution is -2.24. The van der Waals surface area contributed by atoms with Gasteiger partial charge in [0.25, 0.3) is 0 Å². The fourth-order valence-electron chi connectivity index (χ4n) is 1.78. The van der Waals surface area contributed by atoms with Crippen molar-refractivity contribution in [2.75, 3.05) is 0 Å². The number of fused-ring (bicyclic) bond motifs is 1. The van der Waals surface area contributed by atoms with Gasteiger partial charge in [0.1, 0.15) is 10.5 Å². The van der Waals surface area contributed by atoms with Gasteiger partial charge in [-0.15, -0.1) is 0 Å². The van der Waals surface area contributed by atoms with E-state index in [1.54, 1.807) is 6.07 Å². The van der Waals surface area contributed by atoms with Crippen molar-refractivity contribution < 1.29 is 9.15 Å². The molecular weight excluding hydrogens is 252 g/mol. The summed E-state index contributed by atoms with van der Waals surface area (Å²) in [6.07, 6.45) is 2.64. The Morgan fingerprint density at radius 3 is 2.94 bits per heavy atom. The highest BCUT2D eigenvalue weighted by atomic mass is 35.5. The first-order valence-corrected chi connectivity index (χ1v) is 5.77. The lowest BCUT2D eigenvalue weighted by atomic mass is 10.2. The average Bonchev–Trinajstić information content (AvgIpc) is 2.71. The molecule has 0 saturated heterocycles. The highest BCUT2D eigenvalue weighted by Gasteiger charge is 2.13. The summed E-state index contributed by atoms with van der Waals surface area (Å²) in [6, 6.07) is 7.35. The van der Waals surface area contributed by atoms with E-state index in [0.29, 0.717) is 26.8 Å². The zero-order valence-corrected chi connectivity index (χ0v) is 10.3. The van der Waals surface area contributed by atoms with Gasteiger partial charge in [-0.3, -0.25) is 0 Å². The van der Waals surface area contributed by atoms with Gasteiger partial charge in [-0.1, -0.05) is 17.7 Å². The average molecular weight is 261 g/mol. The molecule has 90 valence electrons. The number of hydrogen-bond donors (Lipinski definition) is 0. The summed E-state index contributed by atoms with van der Waals surface area (Å²) in [5.41, 5.74) is 3.20. The third kappa shape index (κ3) is 1.80. The predicted molar refractivity (Wildman–Crippen MR) is 68.2 cm³/mol. The van der Waals surface area contributed by atoms with Crippen LogP contribution in [0.2, 0.25) is 5.02 Å². The molecule has 0 aliphatic heterocycles. The van der Waals surface area contributed by atoms with Crippen LogP contribution in [0.25, 0.3) is 22.6 Å². The number of hydrogen-bond acceptors (Lipinski definition) is 3. The van der Waals surface area contributed by atoms with Gasteiger partial charge in [0.15, 0.2) is 18.0 Å². The summed E-state index contributed by atoms with van der Waals surface area (Å²) >= 11 is 6.00. The Balaban J connectivity index is 2.19. The third-order valence-electron chi connectivity index (χ3n) is 2.66. The molecule has 0 radical (unpaired) electrons. The van der Waals surface area contributed by atoms with E-state index in [-0.39, 0.29) is 0 Å². The van der Waals surface area contributed by atoms with Crippen LogP contribution in [-0.4, -0.2) is 4.98 Å². The topological polar surface area (TPSA) is 53.0 Å². The molecule has 18 heavy (non-hydrogen) atoms. The fourth-order valence-corrected chi connectivity index (χ4v) is 2.02. The first-order valence-electron chi connectivity index (χ1n) is 5.39. The van der Waals surface area contributed by atoms with Crippen molar-refractivity contribution in [2.45, 2.75) is 6.92 Å². The molecule has 0 saturated carbocycles. The van der Waals surface area contributed by atoms with Crippen LogP contribution in [0.4, 0.5) is 0 Å². The van der Waals surface area contributed by atoms with Crippen LogP contribution >= 0.6 is 11.6 Å². The van der Waals surface area contributed by atoms with Gasteiger partial charge >= 0.3 is 0 Å². The lowest BCUT2D eigenvalue weighted by Gasteiger charge is -1.99. The molecule has 0 fully saturated rings. The Labute approximate surface area is 108 Å². The number of aromatic nitrogens is 2. The van der Waals surface area contributed by atoms with Gasteiger partial charge in [-0.05, 0) is 24.6 Å². The maximum Gasteiger partial charge on any atom is 0.229 e. The predicted octanol–water partition coefficient (Wildman–Crippen LogP) is 3.09. The molecule has 2 aromatic heterocycles. The molecule has 0 spiro atoms. The maximum atomic E-state index is 11.1. The van der Waals surface area contributed by atoms with Gasteiger partial charge in [-0.2, -0.15) is 4.73 Å². The van der Waals surface area contributed by atoms with Crippen LogP contribution in [0, 0.1) is 12.1 Å². The molecule has 0 aliphatic carbocycles. The van der Waals surface area contributed by atoms with E-state index in [4.69, 9.17) is 16.0 Å². The number of oxazole rings is 1. The van der Waals surface area contributed by atoms with Gasteiger partial charge < -0.3 is 9.62 Å². The van der Waals surface area contributed by atoms with Crippen LogP contribution < -0.4 is 4.73 Å². The summed E-state index contributed by atoms with van der Waals surface area (Å²) in [5.74, 6) is 0.418. The fraction of sp³-hybridized carbons (Fsp3) is 0.0769. The minimum absolute atomic E-state index is 0.316. The summed E-state index contributed by atoms with van der Waals surface area (Å²) in [4.78, 5) is 4.37. The number of nitrogens with zero attached hydrogens (tertiary/aromatic N) is 2. The molecule has 0 atom stereocenters. The summed E-state index contributed by atoms with van der Waals surface area (Å²) in [5, 5.41) is 11.4. The Morgan fingerprint density at radius 1 is 1.33 bits per heavy atom. The number of halogens is 1. The molecule has 0 N–H and O–H groups in total. The van der Waals surface area contributed by atoms with Crippen molar-refractivity contribution >= 4 is 22.7 Å². The van der Waals surface area contributed by atoms with Crippen LogP contribution in [0.3, 0.4) is 0 Å². The van der Waals surface area contributed by atoms with E-state index in [2.05, 4.69) is 4.98 Å². The number of pyridine rings is 1. The molecule has 0 amide bonds. The number of rotatable bonds is 1. The van der Waals surface area contributed by atoms with E-state index in [0.717, 1.165) is 11.1 Å². The monoisotopic (exact) mass is 260 g/mol. The van der Waals surface area contributed by atoms with Gasteiger partial charge in [0.05, 0.1) is 5.56 Å². The van der Waals surface area contributed by atoms with E-state index in [1.165, 1.54) is 12.4 Å². The van der Waals surface area contributed by atoms with Gasteiger partial charge in [-0.25, -0.2) is 4.98 Å². The van der Waals surface area contributed by atoms with Crippen molar-refractivity contribution in [3.63, 3.8) is 0 Å². The molecule has 3 aromatic rings. The second kappa shape index (κ2) is 3.99. The van der Waals surface area contributed by atoms with Crippen molar-refractivity contribution in [3.8, 4) is 11.5 Å². The van der Waals surface area contributed by atoms with Crippen molar-refractivity contribution in [3.05, 3.63) is 52.5 Å². The third-order valence-corrected chi connectivity index (χ3v) is 2.96. The van der Waals surface area contributed by atoms with E-state index in [9.17, 15) is 5.21 Å². The zero-order chi connectivity index (χ0) is 12.7. The van der Waals surface area contributed by atoms with Crippen molar-refractivity contribution in [2.24, 2.45) is 0 Å². The summed E-state index contributed by atoms with van der Waals surface area (Å²) in [6.45, 7) is 1.99. The standard InChI is InChI=1S/C13H9ClN2O2/c1-8-2-3-12-11(6-8)15-13(18-12)9-4-5-16(17)7-10(9)14/h2-7H,1H3. The van der Waals surface area contributed by atoms with E-state index < -0.39 is 0 Å². The minimum Gasteiger partial charge on any atom is -0.619 e. The largest absolute Gasteiger partial charge is 0.619 e. The van der Waals surface area contributed by atoms with Gasteiger partial charge in [0.2, 0.25) is 5.89 Å². The Morgan fingerprint density at radius 2 is 2.17 bits per heavy atom. The van der Waals surface area contributed by atoms with Crippen molar-refractivity contribution in [1.82, 2.24) is 4.98 Å². The highest BCUT2D eigenvalue weighted by molar-refractivity contribution is 6.32. The van der Waals surface area contributed by atoms with Crippen LogP contribution in [0.5, 0.6) is 0 Å². The molecule has 0 aliphatic rings. The molecule has 3 rings (SSSR count). The smallest absolute Gasteiger partial charge is 0.229 e. The Hall–Kier alpha value is -2.07. The number of aryl methyl sites for hydroxylation is 1. The molecule has 0 bridgehead atoms. The summed E-state index contributed by atoms with van der Waals surface area (Å²) in [7, 11) is 0. The molecule has 0 unspecified atom stereocenters. The van der Waals surface area contributed by atoms with Crippen LogP contribution in [0.1, 0.15) is 5.56 Å². The molecule has 2 heterocycles. The maximum absolute atomic E-state index is 11.1. The van der Waals surface area contributed by atoms with Crippen molar-refractivity contribution in [1.29, 1.82) is 0 Å². The Kier molecular flexibility index (Phi) is 2.45. The molecule has 1 aromatic carbocycles. The normalized spacial score (nSPS) is 11.0. The van der Waals surface area contributed by atoms with Crippen LogP contribution in [0.15, 0.2) is 41.1 Å². The second-order valence-electron chi connectivity index (χ2n) is 4.06. The SMILES string of the molecule is Cc1ccc2oc(-c3cc[n+]([O-])cc3Cl)nc2c1. The molecular formula is C13H9ClN2O2. The zero-order valence-electron chi connectivity index (χ0n) is 9.55. The lowest BCUT2D eigenvalue weighted by molar-refractivity contribution is -0.605. The number of benzene rings is 1. The molecule has 4 nitrogen and oxygen atoms in total. The van der Waals surface area contributed by atoms with E-state index >= 15 is 0 Å². The highest BCUT2D eigenvalue weighted by Crippen LogP contribution is 2.28. The summed E-state index contributed by atoms with van der Waals surface area (Å²) < 4.78 is 6.26. The Bertz CT molecular complexity index is 737.